The minimum Gasteiger partial charge on any atom is -0.389 e. The zero-order chi connectivity index (χ0) is 16.9. The SMILES string of the molecule is CN(C)Cc1cc(CNC(=O)N(C)CC(C)(C)O)ccc1F. The molecule has 0 atom stereocenters. The third-order valence-electron chi connectivity index (χ3n) is 3.01. The smallest absolute Gasteiger partial charge is 0.317 e. The highest BCUT2D eigenvalue weighted by atomic mass is 19.1. The Morgan fingerprint density at radius 2 is 1.95 bits per heavy atom. The maximum atomic E-state index is 13.7. The van der Waals surface area contributed by atoms with Crippen LogP contribution in [0.3, 0.4) is 0 Å². The van der Waals surface area contributed by atoms with Crippen LogP contribution in [0.4, 0.5) is 9.18 Å². The molecule has 124 valence electrons. The Morgan fingerprint density at radius 3 is 2.50 bits per heavy atom. The first kappa shape index (κ1) is 18.4. The molecule has 0 radical (unpaired) electrons. The number of amides is 2. The molecule has 0 saturated carbocycles. The second-order valence-electron chi connectivity index (χ2n) is 6.49. The van der Waals surface area contributed by atoms with E-state index in [1.165, 1.54) is 11.0 Å². The molecule has 0 aromatic heterocycles. The van der Waals surface area contributed by atoms with Crippen molar-refractivity contribution in [3.05, 3.63) is 35.1 Å². The van der Waals surface area contributed by atoms with Gasteiger partial charge in [0.05, 0.1) is 12.1 Å². The summed E-state index contributed by atoms with van der Waals surface area (Å²) in [6, 6.07) is 4.55. The number of aliphatic hydroxyl groups is 1. The van der Waals surface area contributed by atoms with Gasteiger partial charge in [-0.25, -0.2) is 9.18 Å². The lowest BCUT2D eigenvalue weighted by Crippen LogP contribution is -2.44. The Balaban J connectivity index is 2.62. The maximum absolute atomic E-state index is 13.7. The summed E-state index contributed by atoms with van der Waals surface area (Å²) in [6.45, 7) is 4.34. The molecule has 2 amide bonds. The highest BCUT2D eigenvalue weighted by Gasteiger charge is 2.19. The lowest BCUT2D eigenvalue weighted by Gasteiger charge is -2.25. The van der Waals surface area contributed by atoms with Crippen LogP contribution in [0.15, 0.2) is 18.2 Å². The average Bonchev–Trinajstić information content (AvgIpc) is 2.36. The fourth-order valence-electron chi connectivity index (χ4n) is 2.16. The van der Waals surface area contributed by atoms with Crippen LogP contribution < -0.4 is 5.32 Å². The lowest BCUT2D eigenvalue weighted by atomic mass is 10.1. The Kier molecular flexibility index (Phi) is 6.32. The van der Waals surface area contributed by atoms with Crippen molar-refractivity contribution in [2.75, 3.05) is 27.7 Å². The van der Waals surface area contributed by atoms with Crippen LogP contribution in [-0.2, 0) is 13.1 Å². The number of nitrogens with zero attached hydrogens (tertiary/aromatic N) is 2. The number of rotatable bonds is 6. The van der Waals surface area contributed by atoms with Crippen molar-refractivity contribution in [3.63, 3.8) is 0 Å². The predicted molar refractivity (Wildman–Crippen MR) is 85.0 cm³/mol. The van der Waals surface area contributed by atoms with E-state index in [9.17, 15) is 14.3 Å². The first-order valence-electron chi connectivity index (χ1n) is 7.22. The molecule has 0 bridgehead atoms. The van der Waals surface area contributed by atoms with Gasteiger partial charge in [-0.05, 0) is 45.6 Å². The van der Waals surface area contributed by atoms with Crippen molar-refractivity contribution in [2.24, 2.45) is 0 Å². The molecule has 5 nitrogen and oxygen atoms in total. The van der Waals surface area contributed by atoms with Gasteiger partial charge in [-0.2, -0.15) is 0 Å². The highest BCUT2D eigenvalue weighted by molar-refractivity contribution is 5.73. The first-order valence-corrected chi connectivity index (χ1v) is 7.22. The van der Waals surface area contributed by atoms with Crippen LogP contribution in [0.25, 0.3) is 0 Å². The summed E-state index contributed by atoms with van der Waals surface area (Å²) in [7, 11) is 5.37. The van der Waals surface area contributed by atoms with Crippen LogP contribution >= 0.6 is 0 Å². The molecule has 1 aromatic carbocycles. The molecule has 1 aromatic rings. The minimum atomic E-state index is -0.944. The van der Waals surface area contributed by atoms with Crippen molar-refractivity contribution < 1.29 is 14.3 Å². The van der Waals surface area contributed by atoms with Crippen molar-refractivity contribution in [3.8, 4) is 0 Å². The van der Waals surface area contributed by atoms with Crippen LogP contribution in [0.5, 0.6) is 0 Å². The van der Waals surface area contributed by atoms with Gasteiger partial charge in [0.25, 0.3) is 0 Å². The average molecular weight is 311 g/mol. The zero-order valence-electron chi connectivity index (χ0n) is 14.0. The highest BCUT2D eigenvalue weighted by Crippen LogP contribution is 2.12. The van der Waals surface area contributed by atoms with Crippen LogP contribution in [-0.4, -0.2) is 54.2 Å². The summed E-state index contributed by atoms with van der Waals surface area (Å²) in [5, 5.41) is 12.5. The summed E-state index contributed by atoms with van der Waals surface area (Å²) in [4.78, 5) is 15.3. The fraction of sp³-hybridized carbons (Fsp3) is 0.562. The van der Waals surface area contributed by atoms with Gasteiger partial charge in [-0.15, -0.1) is 0 Å². The van der Waals surface area contributed by atoms with Crippen molar-refractivity contribution in [1.82, 2.24) is 15.1 Å². The Labute approximate surface area is 131 Å². The topological polar surface area (TPSA) is 55.8 Å². The van der Waals surface area contributed by atoms with E-state index in [4.69, 9.17) is 0 Å². The molecule has 0 aliphatic rings. The van der Waals surface area contributed by atoms with Gasteiger partial charge in [0.2, 0.25) is 0 Å². The van der Waals surface area contributed by atoms with Gasteiger partial charge in [-0.3, -0.25) is 0 Å². The van der Waals surface area contributed by atoms with E-state index in [-0.39, 0.29) is 18.4 Å². The second-order valence-corrected chi connectivity index (χ2v) is 6.49. The number of nitrogens with one attached hydrogen (secondary N) is 1. The van der Waals surface area contributed by atoms with Gasteiger partial charge >= 0.3 is 6.03 Å². The first-order chi connectivity index (χ1) is 10.1. The van der Waals surface area contributed by atoms with E-state index in [1.54, 1.807) is 33.0 Å². The Hall–Kier alpha value is -1.66. The van der Waals surface area contributed by atoms with Crippen molar-refractivity contribution in [2.45, 2.75) is 32.5 Å². The molecule has 0 aliphatic carbocycles. The predicted octanol–water partition coefficient (Wildman–Crippen LogP) is 1.80. The van der Waals surface area contributed by atoms with E-state index in [0.29, 0.717) is 18.7 Å². The number of urea groups is 1. The standard InChI is InChI=1S/C16H26FN3O2/c1-16(2,22)11-20(5)15(21)18-9-12-6-7-14(17)13(8-12)10-19(3)4/h6-8,22H,9-11H2,1-5H3,(H,18,21). The molecule has 0 spiro atoms. The van der Waals surface area contributed by atoms with Crippen LogP contribution in [0, 0.1) is 5.82 Å². The molecule has 0 unspecified atom stereocenters. The van der Waals surface area contributed by atoms with Crippen molar-refractivity contribution in [1.29, 1.82) is 0 Å². The maximum Gasteiger partial charge on any atom is 0.317 e. The number of hydrogen-bond donors (Lipinski definition) is 2. The molecule has 0 fully saturated rings. The summed E-state index contributed by atoms with van der Waals surface area (Å²) < 4.78 is 13.7. The van der Waals surface area contributed by atoms with E-state index in [0.717, 1.165) is 5.56 Å². The van der Waals surface area contributed by atoms with E-state index >= 15 is 0 Å². The normalized spacial score (nSPS) is 11.6. The molecule has 0 saturated heterocycles. The molecule has 1 rings (SSSR count). The van der Waals surface area contributed by atoms with Crippen molar-refractivity contribution >= 4 is 6.03 Å². The molecular weight excluding hydrogens is 285 g/mol. The monoisotopic (exact) mass is 311 g/mol. The number of hydrogen-bond acceptors (Lipinski definition) is 3. The largest absolute Gasteiger partial charge is 0.389 e. The quantitative estimate of drug-likeness (QED) is 0.842. The third-order valence-corrected chi connectivity index (χ3v) is 3.01. The molecule has 0 aliphatic heterocycles. The third kappa shape index (κ3) is 6.41. The zero-order valence-corrected chi connectivity index (χ0v) is 14.0. The molecule has 6 heteroatoms. The fourth-order valence-corrected chi connectivity index (χ4v) is 2.16. The Morgan fingerprint density at radius 1 is 1.32 bits per heavy atom. The summed E-state index contributed by atoms with van der Waals surface area (Å²) in [5.74, 6) is -0.247. The number of carbonyl (C=O) groups excluding carboxylic acids is 1. The number of carbonyl (C=O) groups is 1. The Bertz CT molecular complexity index is 513. The summed E-state index contributed by atoms with van der Waals surface area (Å²) >= 11 is 0. The molecular formula is C16H26FN3O2. The van der Waals surface area contributed by atoms with E-state index in [2.05, 4.69) is 5.32 Å². The molecule has 0 heterocycles. The molecule has 2 N–H and O–H groups in total. The van der Waals surface area contributed by atoms with Gasteiger partial charge < -0.3 is 20.2 Å². The minimum absolute atomic E-state index is 0.230. The van der Waals surface area contributed by atoms with Gasteiger partial charge in [0, 0.05) is 25.7 Å². The summed E-state index contributed by atoms with van der Waals surface area (Å²) in [5.41, 5.74) is 0.491. The lowest BCUT2D eigenvalue weighted by molar-refractivity contribution is 0.0531. The van der Waals surface area contributed by atoms with E-state index in [1.807, 2.05) is 19.0 Å². The summed E-state index contributed by atoms with van der Waals surface area (Å²) in [6.07, 6.45) is 0. The number of benzene rings is 1. The van der Waals surface area contributed by atoms with Crippen LogP contribution in [0.1, 0.15) is 25.0 Å². The van der Waals surface area contributed by atoms with Gasteiger partial charge in [0.15, 0.2) is 0 Å². The van der Waals surface area contributed by atoms with E-state index < -0.39 is 5.60 Å². The van der Waals surface area contributed by atoms with Gasteiger partial charge in [0.1, 0.15) is 5.82 Å². The van der Waals surface area contributed by atoms with Crippen LogP contribution in [0.2, 0.25) is 0 Å². The second kappa shape index (κ2) is 7.56. The molecule has 22 heavy (non-hydrogen) atoms. The van der Waals surface area contributed by atoms with Gasteiger partial charge in [-0.1, -0.05) is 6.07 Å². The number of halogens is 1. The number of likely N-dealkylation sites (N-methyl/N-ethyl adjacent to an activating group) is 1.